The van der Waals surface area contributed by atoms with Crippen LogP contribution in [0.25, 0.3) is 11.4 Å². The topological polar surface area (TPSA) is 102 Å². The molecular formula is C15H20N6O2. The highest BCUT2D eigenvalue weighted by atomic mass is 16.2. The fourth-order valence-corrected chi connectivity index (χ4v) is 2.05. The number of hydrogen-bond donors (Lipinski definition) is 2. The first kappa shape index (κ1) is 16.6. The highest BCUT2D eigenvalue weighted by Crippen LogP contribution is 2.19. The summed E-state index contributed by atoms with van der Waals surface area (Å²) in [5.41, 5.74) is 1.19. The van der Waals surface area contributed by atoms with Crippen molar-refractivity contribution in [1.82, 2.24) is 30.8 Å². The maximum atomic E-state index is 12.1. The van der Waals surface area contributed by atoms with Gasteiger partial charge in [0, 0.05) is 17.7 Å². The van der Waals surface area contributed by atoms with Crippen LogP contribution in [-0.4, -0.2) is 45.1 Å². The molecule has 1 heterocycles. The summed E-state index contributed by atoms with van der Waals surface area (Å²) in [5, 5.41) is 16.9. The third-order valence-electron chi connectivity index (χ3n) is 3.15. The first-order valence-corrected chi connectivity index (χ1v) is 7.46. The third kappa shape index (κ3) is 4.12. The summed E-state index contributed by atoms with van der Waals surface area (Å²) in [7, 11) is 0. The maximum absolute atomic E-state index is 12.1. The average Bonchev–Trinajstić information content (AvgIpc) is 3.03. The summed E-state index contributed by atoms with van der Waals surface area (Å²) in [6.45, 7) is 6.25. The molecule has 0 atom stereocenters. The van der Waals surface area contributed by atoms with Gasteiger partial charge in [-0.3, -0.25) is 9.59 Å². The molecule has 0 spiro atoms. The standard InChI is InChI=1S/C15H20N6O2/c1-4-16-13(22)9-17-15(23)12-7-5-6-11(8-12)14-18-19-20-21(14)10(2)3/h5-8,10H,4,9H2,1-3H3,(H,16,22)(H,17,23). The van der Waals surface area contributed by atoms with Crippen LogP contribution in [0.15, 0.2) is 24.3 Å². The van der Waals surface area contributed by atoms with Gasteiger partial charge in [-0.2, -0.15) is 0 Å². The summed E-state index contributed by atoms with van der Waals surface area (Å²) in [6, 6.07) is 7.09. The van der Waals surface area contributed by atoms with Gasteiger partial charge in [-0.15, -0.1) is 5.10 Å². The van der Waals surface area contributed by atoms with E-state index in [0.717, 1.165) is 5.56 Å². The average molecular weight is 316 g/mol. The molecule has 2 amide bonds. The Morgan fingerprint density at radius 3 is 2.74 bits per heavy atom. The fraction of sp³-hybridized carbons (Fsp3) is 0.400. The molecule has 0 saturated carbocycles. The van der Waals surface area contributed by atoms with Gasteiger partial charge < -0.3 is 10.6 Å². The van der Waals surface area contributed by atoms with E-state index in [4.69, 9.17) is 0 Å². The molecule has 0 radical (unpaired) electrons. The minimum atomic E-state index is -0.318. The molecule has 2 aromatic rings. The number of rotatable bonds is 6. The summed E-state index contributed by atoms with van der Waals surface area (Å²) < 4.78 is 1.69. The third-order valence-corrected chi connectivity index (χ3v) is 3.15. The quantitative estimate of drug-likeness (QED) is 0.820. The summed E-state index contributed by atoms with van der Waals surface area (Å²) >= 11 is 0. The van der Waals surface area contributed by atoms with Crippen LogP contribution in [0, 0.1) is 0 Å². The minimum Gasteiger partial charge on any atom is -0.355 e. The van der Waals surface area contributed by atoms with Crippen molar-refractivity contribution in [3.8, 4) is 11.4 Å². The van der Waals surface area contributed by atoms with E-state index in [0.29, 0.717) is 17.9 Å². The lowest BCUT2D eigenvalue weighted by molar-refractivity contribution is -0.120. The van der Waals surface area contributed by atoms with Crippen molar-refractivity contribution in [2.45, 2.75) is 26.8 Å². The van der Waals surface area contributed by atoms with Crippen LogP contribution in [0.4, 0.5) is 0 Å². The zero-order valence-electron chi connectivity index (χ0n) is 13.4. The van der Waals surface area contributed by atoms with E-state index in [1.54, 1.807) is 22.9 Å². The predicted molar refractivity (Wildman–Crippen MR) is 84.7 cm³/mol. The van der Waals surface area contributed by atoms with E-state index >= 15 is 0 Å². The molecule has 0 aliphatic rings. The number of benzene rings is 1. The van der Waals surface area contributed by atoms with Crippen LogP contribution >= 0.6 is 0 Å². The molecule has 2 N–H and O–H groups in total. The van der Waals surface area contributed by atoms with Gasteiger partial charge in [0.25, 0.3) is 5.91 Å². The van der Waals surface area contributed by atoms with E-state index in [1.165, 1.54) is 0 Å². The lowest BCUT2D eigenvalue weighted by Crippen LogP contribution is -2.36. The van der Waals surface area contributed by atoms with Crippen molar-refractivity contribution < 1.29 is 9.59 Å². The molecule has 0 aliphatic carbocycles. The second kappa shape index (κ2) is 7.48. The van der Waals surface area contributed by atoms with Gasteiger partial charge in [0.1, 0.15) is 0 Å². The van der Waals surface area contributed by atoms with E-state index in [2.05, 4.69) is 26.2 Å². The lowest BCUT2D eigenvalue weighted by atomic mass is 10.1. The first-order chi connectivity index (χ1) is 11.0. The Balaban J connectivity index is 2.15. The van der Waals surface area contributed by atoms with Gasteiger partial charge in [0.2, 0.25) is 5.91 Å². The molecule has 0 aliphatic heterocycles. The van der Waals surface area contributed by atoms with E-state index in [1.807, 2.05) is 26.8 Å². The zero-order valence-corrected chi connectivity index (χ0v) is 13.4. The summed E-state index contributed by atoms with van der Waals surface area (Å²) in [6.07, 6.45) is 0. The molecule has 0 fully saturated rings. The van der Waals surface area contributed by atoms with Gasteiger partial charge >= 0.3 is 0 Å². The second-order valence-electron chi connectivity index (χ2n) is 5.26. The Labute approximate surface area is 134 Å². The summed E-state index contributed by atoms with van der Waals surface area (Å²) in [4.78, 5) is 23.5. The minimum absolute atomic E-state index is 0.0549. The SMILES string of the molecule is CCNC(=O)CNC(=O)c1cccc(-c2nnnn2C(C)C)c1. The number of likely N-dealkylation sites (N-methyl/N-ethyl adjacent to an activating group) is 1. The number of nitrogens with one attached hydrogen (secondary N) is 2. The van der Waals surface area contributed by atoms with Crippen molar-refractivity contribution >= 4 is 11.8 Å². The molecule has 0 unspecified atom stereocenters. The predicted octanol–water partition coefficient (Wildman–Crippen LogP) is 0.787. The lowest BCUT2D eigenvalue weighted by Gasteiger charge is -2.09. The number of hydrogen-bond acceptors (Lipinski definition) is 5. The van der Waals surface area contributed by atoms with Gasteiger partial charge in [-0.1, -0.05) is 12.1 Å². The molecule has 1 aromatic carbocycles. The Hall–Kier alpha value is -2.77. The number of nitrogens with zero attached hydrogens (tertiary/aromatic N) is 4. The maximum Gasteiger partial charge on any atom is 0.251 e. The molecule has 0 saturated heterocycles. The largest absolute Gasteiger partial charge is 0.355 e. The van der Waals surface area contributed by atoms with Gasteiger partial charge in [0.05, 0.1) is 12.6 Å². The van der Waals surface area contributed by atoms with Crippen molar-refractivity contribution in [1.29, 1.82) is 0 Å². The molecule has 0 bridgehead atoms. The Bertz CT molecular complexity index is 695. The highest BCUT2D eigenvalue weighted by Gasteiger charge is 2.14. The normalized spacial score (nSPS) is 10.6. The van der Waals surface area contributed by atoms with Crippen LogP contribution in [0.2, 0.25) is 0 Å². The van der Waals surface area contributed by atoms with Crippen LogP contribution in [0.5, 0.6) is 0 Å². The number of carbonyl (C=O) groups is 2. The fourth-order valence-electron chi connectivity index (χ4n) is 2.05. The molecule has 8 heteroatoms. The van der Waals surface area contributed by atoms with Gasteiger partial charge in [-0.05, 0) is 43.3 Å². The van der Waals surface area contributed by atoms with Crippen molar-refractivity contribution in [2.24, 2.45) is 0 Å². The molecule has 122 valence electrons. The number of tetrazole rings is 1. The van der Waals surface area contributed by atoms with Crippen LogP contribution in [0.3, 0.4) is 0 Å². The van der Waals surface area contributed by atoms with E-state index in [9.17, 15) is 9.59 Å². The monoisotopic (exact) mass is 316 g/mol. The zero-order chi connectivity index (χ0) is 16.8. The molecule has 1 aromatic heterocycles. The molecular weight excluding hydrogens is 296 g/mol. The number of aromatic nitrogens is 4. The van der Waals surface area contributed by atoms with Crippen molar-refractivity contribution in [2.75, 3.05) is 13.1 Å². The molecule has 23 heavy (non-hydrogen) atoms. The molecule has 2 rings (SSSR count). The van der Waals surface area contributed by atoms with Crippen LogP contribution in [-0.2, 0) is 4.79 Å². The van der Waals surface area contributed by atoms with Crippen molar-refractivity contribution in [3.63, 3.8) is 0 Å². The Kier molecular flexibility index (Phi) is 5.40. The van der Waals surface area contributed by atoms with E-state index < -0.39 is 0 Å². The number of amides is 2. The Morgan fingerprint density at radius 2 is 2.04 bits per heavy atom. The van der Waals surface area contributed by atoms with Crippen LogP contribution < -0.4 is 10.6 Å². The van der Waals surface area contributed by atoms with Gasteiger partial charge in [-0.25, -0.2) is 4.68 Å². The first-order valence-electron chi connectivity index (χ1n) is 7.46. The Morgan fingerprint density at radius 1 is 1.26 bits per heavy atom. The highest BCUT2D eigenvalue weighted by molar-refractivity contribution is 5.97. The van der Waals surface area contributed by atoms with Crippen molar-refractivity contribution in [3.05, 3.63) is 29.8 Å². The van der Waals surface area contributed by atoms with Crippen LogP contribution in [0.1, 0.15) is 37.2 Å². The summed E-state index contributed by atoms with van der Waals surface area (Å²) in [5.74, 6) is 0.0563. The van der Waals surface area contributed by atoms with Gasteiger partial charge in [0.15, 0.2) is 5.82 Å². The smallest absolute Gasteiger partial charge is 0.251 e. The second-order valence-corrected chi connectivity index (χ2v) is 5.26. The molecule has 8 nitrogen and oxygen atoms in total. The van der Waals surface area contributed by atoms with E-state index in [-0.39, 0.29) is 24.4 Å². The number of carbonyl (C=O) groups excluding carboxylic acids is 2.